The van der Waals surface area contributed by atoms with E-state index in [2.05, 4.69) is 0 Å². The first-order chi connectivity index (χ1) is 10.8. The van der Waals surface area contributed by atoms with Gasteiger partial charge in [-0.15, -0.1) is 0 Å². The molecule has 2 aromatic carbocycles. The Bertz CT molecular complexity index is 819. The number of carbonyl (C=O) groups excluding carboxylic acids is 1. The molecule has 3 aromatic rings. The average molecular weight is 288 g/mol. The molecule has 0 fully saturated rings. The fraction of sp³-hybridized carbons (Fsp3) is 0.158. The summed E-state index contributed by atoms with van der Waals surface area (Å²) in [5.41, 5.74) is 4.69. The molecule has 0 N–H and O–H groups in total. The van der Waals surface area contributed by atoms with E-state index in [1.165, 1.54) is 0 Å². The number of para-hydroxylation sites is 1. The number of nitrogens with zero attached hydrogens (tertiary/aromatic N) is 2. The maximum Gasteiger partial charge on any atom is 0.166 e. The van der Waals surface area contributed by atoms with Crippen LogP contribution in [-0.4, -0.2) is 15.6 Å². The summed E-state index contributed by atoms with van der Waals surface area (Å²) in [5.74, 6) is 0.210. The van der Waals surface area contributed by atoms with Gasteiger partial charge >= 0.3 is 0 Å². The molecule has 1 aliphatic carbocycles. The van der Waals surface area contributed by atoms with Crippen molar-refractivity contribution in [1.82, 2.24) is 9.78 Å². The maximum atomic E-state index is 12.5. The van der Waals surface area contributed by atoms with Gasteiger partial charge in [0.15, 0.2) is 5.78 Å². The van der Waals surface area contributed by atoms with Gasteiger partial charge in [-0.3, -0.25) is 4.79 Å². The maximum absolute atomic E-state index is 12.5. The van der Waals surface area contributed by atoms with Crippen LogP contribution in [0.15, 0.2) is 60.7 Å². The average Bonchev–Trinajstić information content (AvgIpc) is 2.97. The fourth-order valence-electron chi connectivity index (χ4n) is 3.09. The highest BCUT2D eigenvalue weighted by Gasteiger charge is 2.27. The third kappa shape index (κ3) is 2.06. The lowest BCUT2D eigenvalue weighted by molar-refractivity contribution is 0.0973. The van der Waals surface area contributed by atoms with E-state index in [0.29, 0.717) is 6.42 Å². The highest BCUT2D eigenvalue weighted by molar-refractivity contribution is 6.03. The number of aryl methyl sites for hydroxylation is 1. The van der Waals surface area contributed by atoms with Gasteiger partial charge in [0.1, 0.15) is 0 Å². The van der Waals surface area contributed by atoms with E-state index in [9.17, 15) is 4.79 Å². The third-order valence-electron chi connectivity index (χ3n) is 4.10. The Morgan fingerprint density at radius 3 is 2.27 bits per heavy atom. The van der Waals surface area contributed by atoms with E-state index in [0.717, 1.165) is 41.0 Å². The topological polar surface area (TPSA) is 34.9 Å². The third-order valence-corrected chi connectivity index (χ3v) is 4.10. The molecule has 1 aliphatic rings. The number of Topliss-reactive ketones (excluding diaryl/α,β-unsaturated/α-hetero) is 1. The zero-order valence-electron chi connectivity index (χ0n) is 12.2. The van der Waals surface area contributed by atoms with Crippen molar-refractivity contribution in [2.24, 2.45) is 0 Å². The molecule has 3 nitrogen and oxygen atoms in total. The van der Waals surface area contributed by atoms with E-state index in [1.54, 1.807) is 0 Å². The van der Waals surface area contributed by atoms with Gasteiger partial charge in [-0.2, -0.15) is 5.10 Å². The molecule has 0 atom stereocenters. The summed E-state index contributed by atoms with van der Waals surface area (Å²) in [7, 11) is 0. The molecule has 1 aromatic heterocycles. The molecule has 0 radical (unpaired) electrons. The van der Waals surface area contributed by atoms with Crippen LogP contribution in [0.3, 0.4) is 0 Å². The zero-order valence-corrected chi connectivity index (χ0v) is 12.2. The number of aromatic nitrogens is 2. The minimum absolute atomic E-state index is 0.210. The highest BCUT2D eigenvalue weighted by Crippen LogP contribution is 2.33. The van der Waals surface area contributed by atoms with Crippen molar-refractivity contribution in [2.45, 2.75) is 19.3 Å². The van der Waals surface area contributed by atoms with Gasteiger partial charge in [0.05, 0.1) is 22.6 Å². The van der Waals surface area contributed by atoms with Crippen LogP contribution < -0.4 is 0 Å². The highest BCUT2D eigenvalue weighted by atomic mass is 16.1. The van der Waals surface area contributed by atoms with Crippen LogP contribution in [0.2, 0.25) is 0 Å². The van der Waals surface area contributed by atoms with E-state index in [1.807, 2.05) is 65.3 Å². The van der Waals surface area contributed by atoms with E-state index in [4.69, 9.17) is 5.10 Å². The normalized spacial score (nSPS) is 13.9. The molecule has 0 spiro atoms. The monoisotopic (exact) mass is 288 g/mol. The molecule has 0 aliphatic heterocycles. The van der Waals surface area contributed by atoms with Crippen LogP contribution in [0.25, 0.3) is 16.9 Å². The Morgan fingerprint density at radius 1 is 0.864 bits per heavy atom. The Labute approximate surface area is 129 Å². The van der Waals surface area contributed by atoms with Crippen molar-refractivity contribution >= 4 is 5.78 Å². The van der Waals surface area contributed by atoms with Crippen LogP contribution in [0.1, 0.15) is 28.9 Å². The molecule has 108 valence electrons. The van der Waals surface area contributed by atoms with Gasteiger partial charge in [0, 0.05) is 12.0 Å². The first kappa shape index (κ1) is 13.0. The van der Waals surface area contributed by atoms with Gasteiger partial charge < -0.3 is 0 Å². The molecule has 0 amide bonds. The standard InChI is InChI=1S/C19H16N2O/c22-17-13-7-12-16-18(17)19(14-8-3-1-4-9-14)21(20-16)15-10-5-2-6-11-15/h1-6,8-11H,7,12-13H2. The Kier molecular flexibility index (Phi) is 3.11. The van der Waals surface area contributed by atoms with Crippen LogP contribution in [-0.2, 0) is 6.42 Å². The summed E-state index contributed by atoms with van der Waals surface area (Å²) in [6, 6.07) is 20.1. The second-order valence-electron chi connectivity index (χ2n) is 5.56. The quantitative estimate of drug-likeness (QED) is 0.712. The lowest BCUT2D eigenvalue weighted by atomic mass is 9.92. The van der Waals surface area contributed by atoms with E-state index >= 15 is 0 Å². The van der Waals surface area contributed by atoms with Gasteiger partial charge in [-0.25, -0.2) is 4.68 Å². The van der Waals surface area contributed by atoms with Crippen LogP contribution >= 0.6 is 0 Å². The Hall–Kier alpha value is -2.68. The molecule has 0 saturated carbocycles. The molecular weight excluding hydrogens is 272 g/mol. The summed E-state index contributed by atoms with van der Waals surface area (Å²) < 4.78 is 1.92. The summed E-state index contributed by atoms with van der Waals surface area (Å²) in [6.07, 6.45) is 2.39. The number of hydrogen-bond donors (Lipinski definition) is 0. The van der Waals surface area contributed by atoms with Crippen molar-refractivity contribution in [3.8, 4) is 16.9 Å². The number of ketones is 1. The van der Waals surface area contributed by atoms with Crippen LogP contribution in [0.5, 0.6) is 0 Å². The lowest BCUT2D eigenvalue weighted by Gasteiger charge is -2.11. The molecule has 1 heterocycles. The van der Waals surface area contributed by atoms with Crippen LogP contribution in [0.4, 0.5) is 0 Å². The first-order valence-corrected chi connectivity index (χ1v) is 7.60. The van der Waals surface area contributed by atoms with Crippen molar-refractivity contribution in [2.75, 3.05) is 0 Å². The zero-order chi connectivity index (χ0) is 14.9. The van der Waals surface area contributed by atoms with Crippen molar-refractivity contribution in [1.29, 1.82) is 0 Å². The molecule has 0 unspecified atom stereocenters. The Morgan fingerprint density at radius 2 is 1.55 bits per heavy atom. The van der Waals surface area contributed by atoms with Crippen molar-refractivity contribution in [3.63, 3.8) is 0 Å². The SMILES string of the molecule is O=C1CCCc2nn(-c3ccccc3)c(-c3ccccc3)c21. The predicted molar refractivity (Wildman–Crippen MR) is 86.3 cm³/mol. The van der Waals surface area contributed by atoms with E-state index < -0.39 is 0 Å². The van der Waals surface area contributed by atoms with Crippen molar-refractivity contribution in [3.05, 3.63) is 71.9 Å². The molecule has 0 saturated heterocycles. The summed E-state index contributed by atoms with van der Waals surface area (Å²) >= 11 is 0. The number of hydrogen-bond acceptors (Lipinski definition) is 2. The number of carbonyl (C=O) groups is 1. The van der Waals surface area contributed by atoms with Crippen molar-refractivity contribution < 1.29 is 4.79 Å². The minimum atomic E-state index is 0.210. The van der Waals surface area contributed by atoms with Gasteiger partial charge in [-0.1, -0.05) is 48.5 Å². The second kappa shape index (κ2) is 5.26. The van der Waals surface area contributed by atoms with E-state index in [-0.39, 0.29) is 5.78 Å². The molecule has 4 rings (SSSR count). The van der Waals surface area contributed by atoms with Crippen LogP contribution in [0, 0.1) is 0 Å². The first-order valence-electron chi connectivity index (χ1n) is 7.60. The van der Waals surface area contributed by atoms with Gasteiger partial charge in [-0.05, 0) is 25.0 Å². The summed E-state index contributed by atoms with van der Waals surface area (Å²) in [6.45, 7) is 0. The van der Waals surface area contributed by atoms with Gasteiger partial charge in [0.25, 0.3) is 0 Å². The fourth-order valence-corrected chi connectivity index (χ4v) is 3.09. The molecule has 22 heavy (non-hydrogen) atoms. The molecule has 3 heteroatoms. The largest absolute Gasteiger partial charge is 0.294 e. The predicted octanol–water partition coefficient (Wildman–Crippen LogP) is 4.06. The van der Waals surface area contributed by atoms with Gasteiger partial charge in [0.2, 0.25) is 0 Å². The summed E-state index contributed by atoms with van der Waals surface area (Å²) in [5, 5.41) is 4.74. The smallest absolute Gasteiger partial charge is 0.166 e. The molecule has 0 bridgehead atoms. The summed E-state index contributed by atoms with van der Waals surface area (Å²) in [4.78, 5) is 12.5. The lowest BCUT2D eigenvalue weighted by Crippen LogP contribution is -2.10. The number of benzene rings is 2. The Balaban J connectivity index is 2.01. The molecular formula is C19H16N2O. The number of rotatable bonds is 2. The number of fused-ring (bicyclic) bond motifs is 1. The minimum Gasteiger partial charge on any atom is -0.294 e. The second-order valence-corrected chi connectivity index (χ2v) is 5.56.